The van der Waals surface area contributed by atoms with Gasteiger partial charge in [0.2, 0.25) is 10.0 Å². The number of sulfonamides is 1. The molecule has 26 heavy (non-hydrogen) atoms. The summed E-state index contributed by atoms with van der Waals surface area (Å²) in [4.78, 5) is 0.300. The molecule has 7 nitrogen and oxygen atoms in total. The van der Waals surface area contributed by atoms with Gasteiger partial charge in [0.25, 0.3) is 0 Å². The van der Waals surface area contributed by atoms with Crippen LogP contribution in [0.1, 0.15) is 36.0 Å². The van der Waals surface area contributed by atoms with Crippen molar-refractivity contribution in [3.63, 3.8) is 0 Å². The average Bonchev–Trinajstić information content (AvgIpc) is 3.08. The molecule has 2 aliphatic rings. The van der Waals surface area contributed by atoms with Crippen LogP contribution in [-0.2, 0) is 23.1 Å². The third-order valence-electron chi connectivity index (χ3n) is 5.24. The summed E-state index contributed by atoms with van der Waals surface area (Å²) in [6.45, 7) is 5.30. The van der Waals surface area contributed by atoms with E-state index < -0.39 is 10.0 Å². The fraction of sp³-hybridized carbons (Fsp3) is 0.529. The average molecular weight is 396 g/mol. The number of aryl methyl sites for hydroxylation is 1. The molecule has 0 spiro atoms. The fourth-order valence-corrected chi connectivity index (χ4v) is 5.72. The molecule has 1 aromatic carbocycles. The van der Waals surface area contributed by atoms with Crippen LogP contribution in [0.5, 0.6) is 0 Å². The molecule has 0 atom stereocenters. The molecule has 0 amide bonds. The molecule has 0 saturated carbocycles. The Morgan fingerprint density at radius 3 is 2.73 bits per heavy atom. The fourth-order valence-electron chi connectivity index (χ4n) is 3.76. The van der Waals surface area contributed by atoms with Crippen molar-refractivity contribution < 1.29 is 8.42 Å². The van der Waals surface area contributed by atoms with E-state index in [0.29, 0.717) is 23.0 Å². The number of hydrogen-bond acceptors (Lipinski definition) is 5. The van der Waals surface area contributed by atoms with Crippen LogP contribution >= 0.6 is 11.6 Å². The largest absolute Gasteiger partial charge is 0.312 e. The van der Waals surface area contributed by atoms with Crippen molar-refractivity contribution in [2.75, 3.05) is 19.6 Å². The first-order valence-corrected chi connectivity index (χ1v) is 10.7. The zero-order chi connectivity index (χ0) is 18.3. The molecule has 140 valence electrons. The van der Waals surface area contributed by atoms with E-state index in [-0.39, 0.29) is 5.92 Å². The molecule has 4 rings (SSSR count). The lowest BCUT2D eigenvalue weighted by Gasteiger charge is -2.31. The SMILES string of the molecule is Cc1ccc(Cl)cc1S(=O)(=O)N1CCC(c2nnc3n2CCNC3)CC1. The monoisotopic (exact) mass is 395 g/mol. The summed E-state index contributed by atoms with van der Waals surface area (Å²) in [5, 5.41) is 12.4. The van der Waals surface area contributed by atoms with Gasteiger partial charge in [-0.1, -0.05) is 17.7 Å². The number of rotatable bonds is 3. The highest BCUT2D eigenvalue weighted by molar-refractivity contribution is 7.89. The number of piperidine rings is 1. The summed E-state index contributed by atoms with van der Waals surface area (Å²) in [5.74, 6) is 2.22. The van der Waals surface area contributed by atoms with Gasteiger partial charge in [-0.3, -0.25) is 0 Å². The maximum atomic E-state index is 13.0. The molecule has 0 aliphatic carbocycles. The van der Waals surface area contributed by atoms with Crippen LogP contribution in [0.4, 0.5) is 0 Å². The van der Waals surface area contributed by atoms with Crippen molar-refractivity contribution >= 4 is 21.6 Å². The van der Waals surface area contributed by atoms with E-state index in [1.165, 1.54) is 0 Å². The lowest BCUT2D eigenvalue weighted by Crippen LogP contribution is -2.39. The van der Waals surface area contributed by atoms with Gasteiger partial charge in [-0.25, -0.2) is 8.42 Å². The first kappa shape index (κ1) is 17.9. The van der Waals surface area contributed by atoms with Gasteiger partial charge in [0.1, 0.15) is 11.6 Å². The number of fused-ring (bicyclic) bond motifs is 1. The van der Waals surface area contributed by atoms with Crippen molar-refractivity contribution in [2.45, 2.75) is 43.7 Å². The van der Waals surface area contributed by atoms with Gasteiger partial charge in [-0.15, -0.1) is 10.2 Å². The van der Waals surface area contributed by atoms with Crippen molar-refractivity contribution in [1.82, 2.24) is 24.4 Å². The molecule has 1 aromatic heterocycles. The number of aromatic nitrogens is 3. The minimum absolute atomic E-state index is 0.251. The van der Waals surface area contributed by atoms with Crippen LogP contribution < -0.4 is 5.32 Å². The predicted octanol–water partition coefficient (Wildman–Crippen LogP) is 1.91. The normalized spacial score (nSPS) is 19.5. The number of benzene rings is 1. The summed E-state index contributed by atoms with van der Waals surface area (Å²) >= 11 is 6.01. The molecule has 2 aromatic rings. The molecule has 0 bridgehead atoms. The van der Waals surface area contributed by atoms with E-state index >= 15 is 0 Å². The second-order valence-electron chi connectivity index (χ2n) is 6.89. The van der Waals surface area contributed by atoms with Gasteiger partial charge in [-0.2, -0.15) is 4.31 Å². The van der Waals surface area contributed by atoms with E-state index in [4.69, 9.17) is 11.6 Å². The van der Waals surface area contributed by atoms with Crippen LogP contribution in [-0.4, -0.2) is 47.1 Å². The third-order valence-corrected chi connectivity index (χ3v) is 7.51. The van der Waals surface area contributed by atoms with Gasteiger partial charge >= 0.3 is 0 Å². The number of nitrogens with one attached hydrogen (secondary N) is 1. The maximum absolute atomic E-state index is 13.0. The van der Waals surface area contributed by atoms with Crippen LogP contribution in [0.3, 0.4) is 0 Å². The van der Waals surface area contributed by atoms with Gasteiger partial charge in [0.15, 0.2) is 0 Å². The Morgan fingerprint density at radius 1 is 1.19 bits per heavy atom. The lowest BCUT2D eigenvalue weighted by molar-refractivity contribution is 0.307. The Morgan fingerprint density at radius 2 is 1.96 bits per heavy atom. The minimum atomic E-state index is -3.53. The number of hydrogen-bond donors (Lipinski definition) is 1. The third kappa shape index (κ3) is 3.15. The van der Waals surface area contributed by atoms with Crippen molar-refractivity contribution in [1.29, 1.82) is 0 Å². The van der Waals surface area contributed by atoms with Crippen LogP contribution in [0.25, 0.3) is 0 Å². The van der Waals surface area contributed by atoms with Gasteiger partial charge in [-0.05, 0) is 37.5 Å². The standard InChI is InChI=1S/C17H22ClN5O2S/c1-12-2-3-14(18)10-15(12)26(24,25)22-7-4-13(5-8-22)17-21-20-16-11-19-6-9-23(16)17/h2-3,10,13,19H,4-9,11H2,1H3. The van der Waals surface area contributed by atoms with E-state index in [1.54, 1.807) is 29.4 Å². The van der Waals surface area contributed by atoms with Crippen LogP contribution in [0, 0.1) is 6.92 Å². The Labute approximate surface area is 158 Å². The topological polar surface area (TPSA) is 80.1 Å². The number of halogens is 1. The van der Waals surface area contributed by atoms with E-state index in [2.05, 4.69) is 20.1 Å². The molecular formula is C17H22ClN5O2S. The highest BCUT2D eigenvalue weighted by Gasteiger charge is 2.33. The molecule has 1 N–H and O–H groups in total. The molecule has 2 aliphatic heterocycles. The lowest BCUT2D eigenvalue weighted by atomic mass is 9.97. The highest BCUT2D eigenvalue weighted by atomic mass is 35.5. The first-order chi connectivity index (χ1) is 12.5. The second kappa shape index (κ2) is 6.92. The zero-order valence-corrected chi connectivity index (χ0v) is 16.2. The number of nitrogens with zero attached hydrogens (tertiary/aromatic N) is 4. The van der Waals surface area contributed by atoms with E-state index in [9.17, 15) is 8.42 Å². The minimum Gasteiger partial charge on any atom is -0.312 e. The molecule has 0 radical (unpaired) electrons. The Kier molecular flexibility index (Phi) is 4.77. The van der Waals surface area contributed by atoms with Gasteiger partial charge in [0.05, 0.1) is 11.4 Å². The van der Waals surface area contributed by atoms with Gasteiger partial charge in [0, 0.05) is 37.1 Å². The Bertz CT molecular complexity index is 919. The molecule has 9 heteroatoms. The maximum Gasteiger partial charge on any atom is 0.243 e. The molecule has 1 fully saturated rings. The summed E-state index contributed by atoms with van der Waals surface area (Å²) in [6.07, 6.45) is 1.51. The summed E-state index contributed by atoms with van der Waals surface area (Å²) in [5.41, 5.74) is 0.718. The zero-order valence-electron chi connectivity index (χ0n) is 14.7. The van der Waals surface area contributed by atoms with Crippen molar-refractivity contribution in [3.8, 4) is 0 Å². The quantitative estimate of drug-likeness (QED) is 0.858. The van der Waals surface area contributed by atoms with Crippen molar-refractivity contribution in [2.24, 2.45) is 0 Å². The Balaban J connectivity index is 1.51. The smallest absolute Gasteiger partial charge is 0.243 e. The molecule has 1 saturated heterocycles. The Hall–Kier alpha value is -1.48. The first-order valence-electron chi connectivity index (χ1n) is 8.86. The molecular weight excluding hydrogens is 374 g/mol. The van der Waals surface area contributed by atoms with E-state index in [0.717, 1.165) is 49.7 Å². The van der Waals surface area contributed by atoms with Crippen molar-refractivity contribution in [3.05, 3.63) is 40.4 Å². The van der Waals surface area contributed by atoms with E-state index in [1.807, 2.05) is 0 Å². The van der Waals surface area contributed by atoms with Crippen LogP contribution in [0.15, 0.2) is 23.1 Å². The van der Waals surface area contributed by atoms with Crippen LogP contribution in [0.2, 0.25) is 5.02 Å². The summed E-state index contributed by atoms with van der Waals surface area (Å²) in [6, 6.07) is 5.00. The predicted molar refractivity (Wildman–Crippen MR) is 98.7 cm³/mol. The summed E-state index contributed by atoms with van der Waals surface area (Å²) in [7, 11) is -3.53. The van der Waals surface area contributed by atoms with Gasteiger partial charge < -0.3 is 9.88 Å². The summed E-state index contributed by atoms with van der Waals surface area (Å²) < 4.78 is 29.8. The highest BCUT2D eigenvalue weighted by Crippen LogP contribution is 2.32. The molecule has 3 heterocycles. The molecule has 0 unspecified atom stereocenters. The second-order valence-corrected chi connectivity index (χ2v) is 9.23.